The topological polar surface area (TPSA) is 56.6 Å². The van der Waals surface area contributed by atoms with Gasteiger partial charge < -0.3 is 14.4 Å². The van der Waals surface area contributed by atoms with Crippen LogP contribution in [-0.2, 0) is 16.1 Å². The van der Waals surface area contributed by atoms with Crippen LogP contribution in [0.5, 0.6) is 5.75 Å². The van der Waals surface area contributed by atoms with E-state index in [0.29, 0.717) is 6.10 Å². The molecule has 6 heteroatoms. The summed E-state index contributed by atoms with van der Waals surface area (Å²) in [6.07, 6.45) is 3.80. The number of benzene rings is 2. The Kier molecular flexibility index (Phi) is 5.71. The minimum absolute atomic E-state index is 0.00443. The lowest BCUT2D eigenvalue weighted by Crippen LogP contribution is -2.37. The van der Waals surface area contributed by atoms with Crippen molar-refractivity contribution in [2.75, 3.05) is 18.0 Å². The lowest BCUT2D eigenvalue weighted by Gasteiger charge is -2.34. The zero-order valence-corrected chi connectivity index (χ0v) is 19.6. The Labute approximate surface area is 195 Å². The van der Waals surface area contributed by atoms with Crippen LogP contribution in [0.3, 0.4) is 0 Å². The highest BCUT2D eigenvalue weighted by molar-refractivity contribution is 5.84. The molecule has 3 aromatic rings. The van der Waals surface area contributed by atoms with Crippen LogP contribution in [0.2, 0.25) is 0 Å². The molecular formula is C27H31N3O3. The quantitative estimate of drug-likeness (QED) is 0.455. The normalized spacial score (nSPS) is 15.9. The number of nitrogens with zero attached hydrogens (tertiary/aromatic N) is 3. The zero-order valence-electron chi connectivity index (χ0n) is 19.6. The first-order valence-electron chi connectivity index (χ1n) is 11.8. The van der Waals surface area contributed by atoms with Gasteiger partial charge in [0, 0.05) is 18.7 Å². The van der Waals surface area contributed by atoms with Gasteiger partial charge in [-0.3, -0.25) is 4.79 Å². The number of hydrogen-bond acceptors (Lipinski definition) is 5. The smallest absolute Gasteiger partial charge is 0.161 e. The van der Waals surface area contributed by atoms with Gasteiger partial charge in [-0.25, -0.2) is 4.68 Å². The molecule has 0 unspecified atom stereocenters. The Balaban J connectivity index is 1.54. The maximum Gasteiger partial charge on any atom is 0.161 e. The highest BCUT2D eigenvalue weighted by atomic mass is 16.5. The SMILES string of the molecule is CC(=O)C(C)(C)OCc1cc(-c2cccc(OC3CC3)c2)n(-c2ccccc2N2CCC2)n1. The van der Waals surface area contributed by atoms with E-state index in [1.807, 2.05) is 22.9 Å². The molecule has 0 atom stereocenters. The van der Waals surface area contributed by atoms with Crippen molar-refractivity contribution in [3.63, 3.8) is 0 Å². The zero-order chi connectivity index (χ0) is 23.0. The van der Waals surface area contributed by atoms with E-state index in [4.69, 9.17) is 14.6 Å². The van der Waals surface area contributed by atoms with Crippen molar-refractivity contribution in [3.8, 4) is 22.7 Å². The molecule has 2 aliphatic rings. The van der Waals surface area contributed by atoms with Gasteiger partial charge in [-0.2, -0.15) is 5.10 Å². The van der Waals surface area contributed by atoms with Crippen LogP contribution in [-0.4, -0.2) is 40.4 Å². The predicted octanol–water partition coefficient (Wildman–Crippen LogP) is 5.17. The summed E-state index contributed by atoms with van der Waals surface area (Å²) in [4.78, 5) is 14.3. The number of hydrogen-bond donors (Lipinski definition) is 0. The maximum atomic E-state index is 11.9. The molecule has 1 aromatic heterocycles. The van der Waals surface area contributed by atoms with Crippen molar-refractivity contribution in [1.82, 2.24) is 9.78 Å². The molecule has 0 N–H and O–H groups in total. The Hall–Kier alpha value is -3.12. The third kappa shape index (κ3) is 4.67. The molecule has 0 spiro atoms. The Morgan fingerprint density at radius 3 is 2.48 bits per heavy atom. The molecule has 1 saturated heterocycles. The van der Waals surface area contributed by atoms with E-state index < -0.39 is 5.60 Å². The van der Waals surface area contributed by atoms with Gasteiger partial charge in [0.1, 0.15) is 11.4 Å². The summed E-state index contributed by atoms with van der Waals surface area (Å²) in [7, 11) is 0. The van der Waals surface area contributed by atoms with Gasteiger partial charge in [0.25, 0.3) is 0 Å². The summed E-state index contributed by atoms with van der Waals surface area (Å²) in [5.74, 6) is 0.879. The number of anilines is 1. The molecule has 0 amide bonds. The number of ether oxygens (including phenoxy) is 2. The molecule has 1 saturated carbocycles. The molecule has 2 aromatic carbocycles. The lowest BCUT2D eigenvalue weighted by molar-refractivity contribution is -0.139. The van der Waals surface area contributed by atoms with Gasteiger partial charge in [0.2, 0.25) is 0 Å². The summed E-state index contributed by atoms with van der Waals surface area (Å²) in [6, 6.07) is 18.7. The van der Waals surface area contributed by atoms with Crippen LogP contribution in [0.4, 0.5) is 5.69 Å². The van der Waals surface area contributed by atoms with Crippen LogP contribution in [0.1, 0.15) is 45.7 Å². The van der Waals surface area contributed by atoms with Crippen molar-refractivity contribution in [2.45, 2.75) is 58.3 Å². The van der Waals surface area contributed by atoms with Crippen LogP contribution in [0.25, 0.3) is 16.9 Å². The fourth-order valence-corrected chi connectivity index (χ4v) is 3.82. The second-order valence-electron chi connectivity index (χ2n) is 9.46. The number of aromatic nitrogens is 2. The van der Waals surface area contributed by atoms with E-state index >= 15 is 0 Å². The van der Waals surface area contributed by atoms with E-state index in [1.54, 1.807) is 20.8 Å². The van der Waals surface area contributed by atoms with Gasteiger partial charge in [-0.1, -0.05) is 24.3 Å². The third-order valence-corrected chi connectivity index (χ3v) is 6.45. The van der Waals surface area contributed by atoms with Gasteiger partial charge in [0.05, 0.1) is 35.5 Å². The maximum absolute atomic E-state index is 11.9. The third-order valence-electron chi connectivity index (χ3n) is 6.45. The molecule has 2 heterocycles. The summed E-state index contributed by atoms with van der Waals surface area (Å²) in [5.41, 5.74) is 4.16. The molecule has 0 bridgehead atoms. The van der Waals surface area contributed by atoms with E-state index in [1.165, 1.54) is 12.1 Å². The van der Waals surface area contributed by atoms with Gasteiger partial charge in [0.15, 0.2) is 5.78 Å². The molecule has 5 rings (SSSR count). The fraction of sp³-hybridized carbons (Fsp3) is 0.407. The molecule has 1 aliphatic heterocycles. The van der Waals surface area contributed by atoms with Crippen molar-refractivity contribution in [1.29, 1.82) is 0 Å². The first-order valence-corrected chi connectivity index (χ1v) is 11.8. The Morgan fingerprint density at radius 1 is 1.06 bits per heavy atom. The molecule has 172 valence electrons. The van der Waals surface area contributed by atoms with Crippen molar-refractivity contribution >= 4 is 11.5 Å². The summed E-state index contributed by atoms with van der Waals surface area (Å²) >= 11 is 0. The molecule has 33 heavy (non-hydrogen) atoms. The fourth-order valence-electron chi connectivity index (χ4n) is 3.82. The minimum Gasteiger partial charge on any atom is -0.490 e. The molecule has 1 aliphatic carbocycles. The number of ketones is 1. The van der Waals surface area contributed by atoms with E-state index in [-0.39, 0.29) is 12.4 Å². The van der Waals surface area contributed by atoms with Gasteiger partial charge in [-0.05, 0) is 70.4 Å². The number of para-hydroxylation sites is 2. The first-order chi connectivity index (χ1) is 15.9. The lowest BCUT2D eigenvalue weighted by atomic mass is 10.1. The average molecular weight is 446 g/mol. The monoisotopic (exact) mass is 445 g/mol. The van der Waals surface area contributed by atoms with Crippen molar-refractivity contribution in [2.24, 2.45) is 0 Å². The van der Waals surface area contributed by atoms with Gasteiger partial charge >= 0.3 is 0 Å². The molecule has 6 nitrogen and oxygen atoms in total. The highest BCUT2D eigenvalue weighted by Crippen LogP contribution is 2.34. The summed E-state index contributed by atoms with van der Waals surface area (Å²) in [5, 5.41) is 4.94. The standard InChI is InChI=1S/C27H31N3O3/c1-19(31)27(2,3)32-18-21-17-26(20-8-6-9-23(16-20)33-22-12-13-22)30(28-21)25-11-5-4-10-24(25)29-14-7-15-29/h4-6,8-11,16-17,22H,7,12-15,18H2,1-3H3. The van der Waals surface area contributed by atoms with Crippen LogP contribution >= 0.6 is 0 Å². The Bertz CT molecular complexity index is 1160. The number of carbonyl (C=O) groups is 1. The molecule has 2 fully saturated rings. The van der Waals surface area contributed by atoms with E-state index in [9.17, 15) is 4.79 Å². The summed E-state index contributed by atoms with van der Waals surface area (Å²) < 4.78 is 14.0. The minimum atomic E-state index is -0.850. The van der Waals surface area contributed by atoms with Gasteiger partial charge in [-0.15, -0.1) is 0 Å². The summed E-state index contributed by atoms with van der Waals surface area (Å²) in [6.45, 7) is 7.52. The van der Waals surface area contributed by atoms with E-state index in [2.05, 4.69) is 41.3 Å². The average Bonchev–Trinajstić information content (AvgIpc) is 3.47. The number of rotatable bonds is 9. The predicted molar refractivity (Wildman–Crippen MR) is 129 cm³/mol. The largest absolute Gasteiger partial charge is 0.490 e. The second kappa shape index (κ2) is 8.67. The van der Waals surface area contributed by atoms with Crippen LogP contribution < -0.4 is 9.64 Å². The van der Waals surface area contributed by atoms with Crippen LogP contribution in [0, 0.1) is 0 Å². The van der Waals surface area contributed by atoms with Crippen molar-refractivity contribution in [3.05, 3.63) is 60.3 Å². The Morgan fingerprint density at radius 2 is 1.82 bits per heavy atom. The molecule has 0 radical (unpaired) electrons. The van der Waals surface area contributed by atoms with E-state index in [0.717, 1.165) is 54.3 Å². The first kappa shape index (κ1) is 21.7. The van der Waals surface area contributed by atoms with Crippen molar-refractivity contribution < 1.29 is 14.3 Å². The van der Waals surface area contributed by atoms with Crippen LogP contribution in [0.15, 0.2) is 54.6 Å². The number of Topliss-reactive ketones (excluding diaryl/α,β-unsaturated/α-hetero) is 1. The second-order valence-corrected chi connectivity index (χ2v) is 9.46. The highest BCUT2D eigenvalue weighted by Gasteiger charge is 2.27. The molecular weight excluding hydrogens is 414 g/mol. The number of carbonyl (C=O) groups excluding carboxylic acids is 1.